The predicted molar refractivity (Wildman–Crippen MR) is 74.1 cm³/mol. The number of ether oxygens (including phenoxy) is 1. The maximum absolute atomic E-state index is 11.7. The average molecular weight is 290 g/mol. The summed E-state index contributed by atoms with van der Waals surface area (Å²) in [6, 6.07) is 2.04. The van der Waals surface area contributed by atoms with Gasteiger partial charge >= 0.3 is 5.97 Å². The number of hydrogen-bond donors (Lipinski definition) is 1. The van der Waals surface area contributed by atoms with Crippen LogP contribution in [0.5, 0.6) is 0 Å². The number of nitrogens with one attached hydrogen (secondary N) is 1. The Hall–Kier alpha value is -2.49. The van der Waals surface area contributed by atoms with Gasteiger partial charge in [-0.3, -0.25) is 9.78 Å². The molecule has 112 valence electrons. The number of amides is 1. The summed E-state index contributed by atoms with van der Waals surface area (Å²) in [5.41, 5.74) is -0.306. The molecule has 0 saturated heterocycles. The first-order valence-electron chi connectivity index (χ1n) is 6.46. The number of esters is 1. The van der Waals surface area contributed by atoms with Crippen LogP contribution in [0.25, 0.3) is 0 Å². The monoisotopic (exact) mass is 290 g/mol. The second-order valence-electron chi connectivity index (χ2n) is 5.14. The number of nitriles is 1. The van der Waals surface area contributed by atoms with Crippen LogP contribution in [-0.4, -0.2) is 34.0 Å². The van der Waals surface area contributed by atoms with Gasteiger partial charge in [-0.05, 0) is 19.8 Å². The second kappa shape index (κ2) is 6.79. The van der Waals surface area contributed by atoms with Gasteiger partial charge < -0.3 is 10.1 Å². The van der Waals surface area contributed by atoms with Crippen molar-refractivity contribution in [2.45, 2.75) is 33.2 Å². The van der Waals surface area contributed by atoms with E-state index in [2.05, 4.69) is 15.3 Å². The summed E-state index contributed by atoms with van der Waals surface area (Å²) in [6.45, 7) is 6.51. The molecule has 1 N–H and O–H groups in total. The minimum Gasteiger partial charge on any atom is -0.451 e. The van der Waals surface area contributed by atoms with Crippen molar-refractivity contribution in [1.82, 2.24) is 15.3 Å². The maximum atomic E-state index is 11.7. The first-order valence-corrected chi connectivity index (χ1v) is 6.46. The Morgan fingerprint density at radius 1 is 1.43 bits per heavy atom. The molecule has 1 heterocycles. The van der Waals surface area contributed by atoms with Crippen molar-refractivity contribution in [2.75, 3.05) is 6.61 Å². The fraction of sp³-hybridized carbons (Fsp3) is 0.500. The Morgan fingerprint density at radius 3 is 2.57 bits per heavy atom. The first kappa shape index (κ1) is 16.6. The SMILES string of the molecule is Cc1cnc(C(=O)OCC(=O)N[C@@](C)(C#N)C(C)C)cn1. The van der Waals surface area contributed by atoms with Crippen molar-refractivity contribution in [2.24, 2.45) is 5.92 Å². The van der Waals surface area contributed by atoms with E-state index in [-0.39, 0.29) is 11.6 Å². The Balaban J connectivity index is 2.55. The lowest BCUT2D eigenvalue weighted by atomic mass is 9.90. The lowest BCUT2D eigenvalue weighted by Crippen LogP contribution is -2.50. The molecular formula is C14H18N4O3. The molecule has 21 heavy (non-hydrogen) atoms. The van der Waals surface area contributed by atoms with E-state index < -0.39 is 24.0 Å². The summed E-state index contributed by atoms with van der Waals surface area (Å²) in [5, 5.41) is 11.6. The van der Waals surface area contributed by atoms with E-state index in [9.17, 15) is 9.59 Å². The Labute approximate surface area is 123 Å². The molecule has 1 aromatic rings. The standard InChI is InChI=1S/C14H18N4O3/c1-9(2)14(4,8-15)18-12(19)7-21-13(20)11-6-16-10(3)5-17-11/h5-6,9H,7H2,1-4H3,(H,18,19)/t14-/m0/s1. The average Bonchev–Trinajstić information content (AvgIpc) is 2.45. The van der Waals surface area contributed by atoms with Crippen LogP contribution in [0.2, 0.25) is 0 Å². The van der Waals surface area contributed by atoms with E-state index in [4.69, 9.17) is 10.00 Å². The van der Waals surface area contributed by atoms with Crippen molar-refractivity contribution in [1.29, 1.82) is 5.26 Å². The van der Waals surface area contributed by atoms with E-state index in [0.717, 1.165) is 0 Å². The fourth-order valence-electron chi connectivity index (χ4n) is 1.33. The third-order valence-electron chi connectivity index (χ3n) is 3.11. The third-order valence-corrected chi connectivity index (χ3v) is 3.11. The minimum absolute atomic E-state index is 0.0281. The van der Waals surface area contributed by atoms with Crippen LogP contribution >= 0.6 is 0 Å². The van der Waals surface area contributed by atoms with Crippen LogP contribution in [0.3, 0.4) is 0 Å². The van der Waals surface area contributed by atoms with Crippen molar-refractivity contribution >= 4 is 11.9 Å². The van der Waals surface area contributed by atoms with E-state index in [0.29, 0.717) is 5.69 Å². The molecule has 0 aliphatic rings. The summed E-state index contributed by atoms with van der Waals surface area (Å²) < 4.78 is 4.84. The van der Waals surface area contributed by atoms with Crippen LogP contribution in [0.15, 0.2) is 12.4 Å². The maximum Gasteiger partial charge on any atom is 0.359 e. The molecule has 0 bridgehead atoms. The van der Waals surface area contributed by atoms with E-state index in [1.54, 1.807) is 13.8 Å². The number of rotatable bonds is 5. The van der Waals surface area contributed by atoms with E-state index in [1.807, 2.05) is 19.9 Å². The topological polar surface area (TPSA) is 105 Å². The summed E-state index contributed by atoms with van der Waals surface area (Å²) in [4.78, 5) is 31.2. The van der Waals surface area contributed by atoms with Gasteiger partial charge in [0.2, 0.25) is 0 Å². The van der Waals surface area contributed by atoms with Gasteiger partial charge in [0.05, 0.1) is 18.0 Å². The third kappa shape index (κ3) is 4.53. The normalized spacial score (nSPS) is 13.1. The molecule has 7 heteroatoms. The van der Waals surface area contributed by atoms with Crippen molar-refractivity contribution in [3.05, 3.63) is 23.8 Å². The van der Waals surface area contributed by atoms with Gasteiger partial charge in [0.1, 0.15) is 5.54 Å². The largest absolute Gasteiger partial charge is 0.451 e. The highest BCUT2D eigenvalue weighted by molar-refractivity contribution is 5.89. The zero-order chi connectivity index (χ0) is 16.0. The molecule has 1 aromatic heterocycles. The Kier molecular flexibility index (Phi) is 5.36. The Morgan fingerprint density at radius 2 is 2.10 bits per heavy atom. The summed E-state index contributed by atoms with van der Waals surface area (Å²) in [6.07, 6.45) is 2.71. The quantitative estimate of drug-likeness (QED) is 0.811. The fourth-order valence-corrected chi connectivity index (χ4v) is 1.33. The predicted octanol–water partition coefficient (Wildman–Crippen LogP) is 0.996. The van der Waals surface area contributed by atoms with Gasteiger partial charge in [-0.1, -0.05) is 13.8 Å². The van der Waals surface area contributed by atoms with Crippen LogP contribution in [0.4, 0.5) is 0 Å². The van der Waals surface area contributed by atoms with Gasteiger partial charge in [-0.15, -0.1) is 0 Å². The summed E-state index contributed by atoms with van der Waals surface area (Å²) >= 11 is 0. The van der Waals surface area contributed by atoms with E-state index in [1.165, 1.54) is 12.4 Å². The van der Waals surface area contributed by atoms with Gasteiger partial charge in [-0.2, -0.15) is 5.26 Å². The molecule has 0 saturated carbocycles. The molecule has 0 radical (unpaired) electrons. The van der Waals surface area contributed by atoms with Crippen LogP contribution in [-0.2, 0) is 9.53 Å². The Bertz CT molecular complexity index is 563. The highest BCUT2D eigenvalue weighted by Gasteiger charge is 2.30. The van der Waals surface area contributed by atoms with Gasteiger partial charge in [0, 0.05) is 6.20 Å². The minimum atomic E-state index is -1.01. The number of carbonyl (C=O) groups is 2. The molecule has 1 atom stereocenters. The molecule has 0 unspecified atom stereocenters. The molecule has 1 rings (SSSR count). The highest BCUT2D eigenvalue weighted by Crippen LogP contribution is 2.14. The molecule has 0 spiro atoms. The lowest BCUT2D eigenvalue weighted by Gasteiger charge is -2.27. The molecule has 0 aliphatic carbocycles. The van der Waals surface area contributed by atoms with Crippen molar-refractivity contribution in [3.63, 3.8) is 0 Å². The van der Waals surface area contributed by atoms with Crippen molar-refractivity contribution < 1.29 is 14.3 Å². The number of nitrogens with zero attached hydrogens (tertiary/aromatic N) is 3. The van der Waals surface area contributed by atoms with Gasteiger partial charge in [-0.25, -0.2) is 9.78 Å². The zero-order valence-electron chi connectivity index (χ0n) is 12.5. The van der Waals surface area contributed by atoms with Crippen molar-refractivity contribution in [3.8, 4) is 6.07 Å². The van der Waals surface area contributed by atoms with Gasteiger partial charge in [0.15, 0.2) is 12.3 Å². The highest BCUT2D eigenvalue weighted by atomic mass is 16.5. The molecule has 7 nitrogen and oxygen atoms in total. The summed E-state index contributed by atoms with van der Waals surface area (Å²) in [5.74, 6) is -1.35. The zero-order valence-corrected chi connectivity index (χ0v) is 12.5. The van der Waals surface area contributed by atoms with Crippen LogP contribution in [0.1, 0.15) is 37.0 Å². The lowest BCUT2D eigenvalue weighted by molar-refractivity contribution is -0.125. The number of carbonyl (C=O) groups excluding carboxylic acids is 2. The number of aromatic nitrogens is 2. The molecule has 0 fully saturated rings. The smallest absolute Gasteiger partial charge is 0.359 e. The number of aryl methyl sites for hydroxylation is 1. The van der Waals surface area contributed by atoms with Gasteiger partial charge in [0.25, 0.3) is 5.91 Å². The van der Waals surface area contributed by atoms with Crippen LogP contribution in [0, 0.1) is 24.2 Å². The molecule has 0 aromatic carbocycles. The molecular weight excluding hydrogens is 272 g/mol. The molecule has 0 aliphatic heterocycles. The van der Waals surface area contributed by atoms with Crippen LogP contribution < -0.4 is 5.32 Å². The number of hydrogen-bond acceptors (Lipinski definition) is 6. The molecule has 1 amide bonds. The van der Waals surface area contributed by atoms with E-state index >= 15 is 0 Å². The first-order chi connectivity index (χ1) is 9.78. The summed E-state index contributed by atoms with van der Waals surface area (Å²) in [7, 11) is 0. The second-order valence-corrected chi connectivity index (χ2v) is 5.14.